The number of methoxy groups -OCH3 is 1. The molecule has 3 rings (SSSR count). The van der Waals surface area contributed by atoms with Gasteiger partial charge in [0.15, 0.2) is 18.1 Å². The quantitative estimate of drug-likeness (QED) is 0.690. The Morgan fingerprint density at radius 2 is 1.70 bits per heavy atom. The topological polar surface area (TPSA) is 63.7 Å². The zero-order valence-corrected chi connectivity index (χ0v) is 15.3. The molecule has 0 fully saturated rings. The first-order valence-corrected chi connectivity index (χ1v) is 8.48. The number of anilines is 3. The number of rotatable bonds is 7. The van der Waals surface area contributed by atoms with E-state index in [-0.39, 0.29) is 12.5 Å². The minimum atomic E-state index is -0.271. The lowest BCUT2D eigenvalue weighted by Gasteiger charge is -2.18. The molecule has 0 aliphatic heterocycles. The Morgan fingerprint density at radius 1 is 1.00 bits per heavy atom. The van der Waals surface area contributed by atoms with Crippen molar-refractivity contribution in [2.24, 2.45) is 0 Å². The fourth-order valence-electron chi connectivity index (χ4n) is 2.52. The van der Waals surface area contributed by atoms with Crippen LogP contribution in [0.15, 0.2) is 72.9 Å². The average molecular weight is 363 g/mol. The summed E-state index contributed by atoms with van der Waals surface area (Å²) in [5.41, 5.74) is 1.64. The molecule has 2 aromatic carbocycles. The predicted octanol–water partition coefficient (Wildman–Crippen LogP) is 3.88. The van der Waals surface area contributed by atoms with Gasteiger partial charge in [0.25, 0.3) is 5.91 Å². The van der Waals surface area contributed by atoms with Gasteiger partial charge in [-0.3, -0.25) is 4.79 Å². The second-order valence-electron chi connectivity index (χ2n) is 5.79. The molecule has 6 nitrogen and oxygen atoms in total. The average Bonchev–Trinajstić information content (AvgIpc) is 2.73. The Kier molecular flexibility index (Phi) is 5.89. The summed E-state index contributed by atoms with van der Waals surface area (Å²) in [6.45, 7) is -0.119. The van der Waals surface area contributed by atoms with E-state index in [0.717, 1.165) is 11.5 Å². The van der Waals surface area contributed by atoms with E-state index >= 15 is 0 Å². The van der Waals surface area contributed by atoms with Crippen molar-refractivity contribution in [3.8, 4) is 11.5 Å². The van der Waals surface area contributed by atoms with Crippen LogP contribution in [0.1, 0.15) is 0 Å². The summed E-state index contributed by atoms with van der Waals surface area (Å²) in [6, 6.07) is 20.8. The first-order chi connectivity index (χ1) is 13.2. The number of para-hydroxylation sites is 3. The molecule has 138 valence electrons. The first kappa shape index (κ1) is 18.3. The Bertz CT molecular complexity index is 883. The van der Waals surface area contributed by atoms with Gasteiger partial charge < -0.3 is 19.7 Å². The zero-order chi connectivity index (χ0) is 19.1. The number of carbonyl (C=O) groups excluding carboxylic acids is 1. The highest BCUT2D eigenvalue weighted by molar-refractivity contribution is 5.91. The van der Waals surface area contributed by atoms with E-state index in [1.165, 1.54) is 0 Å². The van der Waals surface area contributed by atoms with Crippen LogP contribution in [0.25, 0.3) is 0 Å². The third-order valence-electron chi connectivity index (χ3n) is 3.95. The van der Waals surface area contributed by atoms with Crippen LogP contribution in [0.4, 0.5) is 17.2 Å². The van der Waals surface area contributed by atoms with Gasteiger partial charge in [0.05, 0.1) is 19.0 Å². The van der Waals surface area contributed by atoms with Crippen molar-refractivity contribution in [2.45, 2.75) is 0 Å². The Labute approximate surface area is 158 Å². The summed E-state index contributed by atoms with van der Waals surface area (Å²) in [7, 11) is 3.50. The molecule has 3 aromatic rings. The van der Waals surface area contributed by atoms with E-state index in [4.69, 9.17) is 9.47 Å². The molecule has 27 heavy (non-hydrogen) atoms. The SMILES string of the molecule is COc1ccccc1OCC(=O)Nc1ccc(N(C)c2ccccc2)nc1. The van der Waals surface area contributed by atoms with Gasteiger partial charge in [0.2, 0.25) is 0 Å². The van der Waals surface area contributed by atoms with Gasteiger partial charge in [-0.1, -0.05) is 30.3 Å². The molecule has 0 aliphatic rings. The lowest BCUT2D eigenvalue weighted by atomic mass is 10.3. The fourth-order valence-corrected chi connectivity index (χ4v) is 2.52. The maximum absolute atomic E-state index is 12.1. The Morgan fingerprint density at radius 3 is 2.37 bits per heavy atom. The zero-order valence-electron chi connectivity index (χ0n) is 15.3. The van der Waals surface area contributed by atoms with Crippen LogP contribution in [-0.4, -0.2) is 31.7 Å². The van der Waals surface area contributed by atoms with Gasteiger partial charge in [-0.15, -0.1) is 0 Å². The third-order valence-corrected chi connectivity index (χ3v) is 3.95. The maximum atomic E-state index is 12.1. The number of hydrogen-bond acceptors (Lipinski definition) is 5. The summed E-state index contributed by atoms with van der Waals surface area (Å²) in [5, 5.41) is 2.77. The monoisotopic (exact) mass is 363 g/mol. The van der Waals surface area contributed by atoms with E-state index < -0.39 is 0 Å². The number of aromatic nitrogens is 1. The molecule has 0 aliphatic carbocycles. The van der Waals surface area contributed by atoms with Crippen LogP contribution >= 0.6 is 0 Å². The van der Waals surface area contributed by atoms with E-state index in [0.29, 0.717) is 17.2 Å². The van der Waals surface area contributed by atoms with Crippen molar-refractivity contribution >= 4 is 23.1 Å². The van der Waals surface area contributed by atoms with Gasteiger partial charge in [-0.2, -0.15) is 0 Å². The first-order valence-electron chi connectivity index (χ1n) is 8.48. The van der Waals surface area contributed by atoms with Gasteiger partial charge in [0.1, 0.15) is 5.82 Å². The Hall–Kier alpha value is -3.54. The van der Waals surface area contributed by atoms with Gasteiger partial charge in [0, 0.05) is 12.7 Å². The molecule has 1 N–H and O–H groups in total. The van der Waals surface area contributed by atoms with Crippen molar-refractivity contribution in [1.82, 2.24) is 4.98 Å². The van der Waals surface area contributed by atoms with E-state index in [1.807, 2.05) is 66.5 Å². The summed E-state index contributed by atoms with van der Waals surface area (Å²) in [5.74, 6) is 1.62. The minimum absolute atomic E-state index is 0.119. The van der Waals surface area contributed by atoms with Gasteiger partial charge >= 0.3 is 0 Å². The molecule has 1 aromatic heterocycles. The summed E-state index contributed by atoms with van der Waals surface area (Å²) in [6.07, 6.45) is 1.62. The highest BCUT2D eigenvalue weighted by atomic mass is 16.5. The van der Waals surface area contributed by atoms with E-state index in [2.05, 4.69) is 10.3 Å². The molecule has 0 radical (unpaired) electrons. The van der Waals surface area contributed by atoms with Crippen molar-refractivity contribution in [3.63, 3.8) is 0 Å². The minimum Gasteiger partial charge on any atom is -0.493 e. The van der Waals surface area contributed by atoms with Crippen molar-refractivity contribution < 1.29 is 14.3 Å². The highest BCUT2D eigenvalue weighted by Gasteiger charge is 2.09. The predicted molar refractivity (Wildman–Crippen MR) is 106 cm³/mol. The largest absolute Gasteiger partial charge is 0.493 e. The molecule has 0 saturated heterocycles. The van der Waals surface area contributed by atoms with Crippen LogP contribution in [0.2, 0.25) is 0 Å². The number of amides is 1. The Balaban J connectivity index is 1.57. The number of pyridine rings is 1. The summed E-state index contributed by atoms with van der Waals surface area (Å²) in [4.78, 5) is 18.5. The standard InChI is InChI=1S/C21H21N3O3/c1-24(17-8-4-3-5-9-17)20-13-12-16(14-22-20)23-21(25)15-27-19-11-7-6-10-18(19)26-2/h3-14H,15H2,1-2H3,(H,23,25). The summed E-state index contributed by atoms with van der Waals surface area (Å²) >= 11 is 0. The number of benzene rings is 2. The third kappa shape index (κ3) is 4.76. The lowest BCUT2D eigenvalue weighted by molar-refractivity contribution is -0.118. The second kappa shape index (κ2) is 8.71. The molecule has 0 unspecified atom stereocenters. The number of hydrogen-bond donors (Lipinski definition) is 1. The molecule has 0 saturated carbocycles. The van der Waals surface area contributed by atoms with Crippen LogP contribution in [0.3, 0.4) is 0 Å². The van der Waals surface area contributed by atoms with Crippen molar-refractivity contribution in [3.05, 3.63) is 72.9 Å². The molecule has 1 heterocycles. The molecule has 1 amide bonds. The smallest absolute Gasteiger partial charge is 0.262 e. The summed E-state index contributed by atoms with van der Waals surface area (Å²) < 4.78 is 10.7. The van der Waals surface area contributed by atoms with Gasteiger partial charge in [-0.25, -0.2) is 4.98 Å². The van der Waals surface area contributed by atoms with E-state index in [9.17, 15) is 4.79 Å². The number of ether oxygens (including phenoxy) is 2. The van der Waals surface area contributed by atoms with Crippen LogP contribution < -0.4 is 19.7 Å². The van der Waals surface area contributed by atoms with Crippen LogP contribution in [0, 0.1) is 0 Å². The van der Waals surface area contributed by atoms with E-state index in [1.54, 1.807) is 25.4 Å². The highest BCUT2D eigenvalue weighted by Crippen LogP contribution is 2.26. The van der Waals surface area contributed by atoms with Crippen LogP contribution in [0.5, 0.6) is 11.5 Å². The molecule has 6 heteroatoms. The number of nitrogens with zero attached hydrogens (tertiary/aromatic N) is 2. The fraction of sp³-hybridized carbons (Fsp3) is 0.143. The maximum Gasteiger partial charge on any atom is 0.262 e. The van der Waals surface area contributed by atoms with Crippen molar-refractivity contribution in [2.75, 3.05) is 31.0 Å². The van der Waals surface area contributed by atoms with Crippen LogP contribution in [-0.2, 0) is 4.79 Å². The molecule has 0 atom stereocenters. The molecular formula is C21H21N3O3. The molecular weight excluding hydrogens is 342 g/mol. The normalized spacial score (nSPS) is 10.1. The lowest BCUT2D eigenvalue weighted by Crippen LogP contribution is -2.20. The number of nitrogens with one attached hydrogen (secondary N) is 1. The molecule has 0 bridgehead atoms. The second-order valence-corrected chi connectivity index (χ2v) is 5.79. The molecule has 0 spiro atoms. The van der Waals surface area contributed by atoms with Gasteiger partial charge in [-0.05, 0) is 36.4 Å². The number of carbonyl (C=O) groups is 1. The van der Waals surface area contributed by atoms with Crippen molar-refractivity contribution in [1.29, 1.82) is 0 Å².